The summed E-state index contributed by atoms with van der Waals surface area (Å²) in [4.78, 5) is 2.55. The summed E-state index contributed by atoms with van der Waals surface area (Å²) < 4.78 is 0. The van der Waals surface area contributed by atoms with Crippen molar-refractivity contribution in [3.8, 4) is 0 Å². The summed E-state index contributed by atoms with van der Waals surface area (Å²) in [7, 11) is 2.03. The molecular formula is C13H20N2. The molecule has 0 aromatic heterocycles. The fraction of sp³-hybridized carbons (Fsp3) is 0.538. The van der Waals surface area contributed by atoms with Gasteiger partial charge in [-0.1, -0.05) is 18.2 Å². The molecular weight excluding hydrogens is 184 g/mol. The molecule has 0 spiro atoms. The summed E-state index contributed by atoms with van der Waals surface area (Å²) in [5.74, 6) is 0. The van der Waals surface area contributed by atoms with Gasteiger partial charge >= 0.3 is 0 Å². The van der Waals surface area contributed by atoms with Crippen LogP contribution in [-0.2, 0) is 0 Å². The van der Waals surface area contributed by atoms with Gasteiger partial charge < -0.3 is 10.2 Å². The van der Waals surface area contributed by atoms with Crippen LogP contribution < -0.4 is 10.2 Å². The number of benzene rings is 1. The Kier molecular flexibility index (Phi) is 3.27. The van der Waals surface area contributed by atoms with Crippen LogP contribution in [0.2, 0.25) is 0 Å². The maximum Gasteiger partial charge on any atom is 0.0418 e. The summed E-state index contributed by atoms with van der Waals surface area (Å²) >= 11 is 0. The molecule has 1 aromatic carbocycles. The fourth-order valence-electron chi connectivity index (χ4n) is 2.57. The minimum atomic E-state index is 0.660. The van der Waals surface area contributed by atoms with E-state index < -0.39 is 0 Å². The number of anilines is 1. The number of hydrogen-bond acceptors (Lipinski definition) is 2. The molecule has 15 heavy (non-hydrogen) atoms. The van der Waals surface area contributed by atoms with E-state index in [1.165, 1.54) is 18.5 Å². The van der Waals surface area contributed by atoms with Crippen molar-refractivity contribution in [1.29, 1.82) is 0 Å². The summed E-state index contributed by atoms with van der Waals surface area (Å²) in [5.41, 5.74) is 1.36. The molecule has 0 saturated carbocycles. The first-order chi connectivity index (χ1) is 7.33. The van der Waals surface area contributed by atoms with Gasteiger partial charge in [0.25, 0.3) is 0 Å². The molecule has 2 nitrogen and oxygen atoms in total. The molecule has 2 atom stereocenters. The van der Waals surface area contributed by atoms with Crippen LogP contribution in [0.15, 0.2) is 30.3 Å². The van der Waals surface area contributed by atoms with E-state index in [9.17, 15) is 0 Å². The molecule has 0 bridgehead atoms. The first kappa shape index (κ1) is 10.5. The van der Waals surface area contributed by atoms with E-state index in [0.29, 0.717) is 12.1 Å². The van der Waals surface area contributed by atoms with Gasteiger partial charge in [-0.25, -0.2) is 0 Å². The van der Waals surface area contributed by atoms with Crippen LogP contribution in [0.25, 0.3) is 0 Å². The SMILES string of the molecule is CNCC1CCC(C)N1c1ccccc1. The number of nitrogens with one attached hydrogen (secondary N) is 1. The molecule has 82 valence electrons. The quantitative estimate of drug-likeness (QED) is 0.812. The first-order valence-electron chi connectivity index (χ1n) is 5.81. The van der Waals surface area contributed by atoms with Gasteiger partial charge in [-0.05, 0) is 38.9 Å². The Labute approximate surface area is 92.3 Å². The number of hydrogen-bond donors (Lipinski definition) is 1. The largest absolute Gasteiger partial charge is 0.365 e. The Morgan fingerprint density at radius 1 is 1.27 bits per heavy atom. The lowest BCUT2D eigenvalue weighted by Crippen LogP contribution is -2.40. The number of para-hydroxylation sites is 1. The topological polar surface area (TPSA) is 15.3 Å². The van der Waals surface area contributed by atoms with E-state index in [0.717, 1.165) is 6.54 Å². The average Bonchev–Trinajstić information content (AvgIpc) is 2.62. The highest BCUT2D eigenvalue weighted by atomic mass is 15.2. The van der Waals surface area contributed by atoms with E-state index in [4.69, 9.17) is 0 Å². The molecule has 0 aliphatic carbocycles. The predicted molar refractivity (Wildman–Crippen MR) is 65.3 cm³/mol. The van der Waals surface area contributed by atoms with Gasteiger partial charge in [0.05, 0.1) is 0 Å². The van der Waals surface area contributed by atoms with Gasteiger partial charge in [-0.3, -0.25) is 0 Å². The van der Waals surface area contributed by atoms with E-state index >= 15 is 0 Å². The summed E-state index contributed by atoms with van der Waals surface area (Å²) in [6.07, 6.45) is 2.61. The number of likely N-dealkylation sites (N-methyl/N-ethyl adjacent to an activating group) is 1. The lowest BCUT2D eigenvalue weighted by atomic mass is 10.2. The van der Waals surface area contributed by atoms with Gasteiger partial charge in [-0.2, -0.15) is 0 Å². The summed E-state index contributed by atoms with van der Waals surface area (Å²) in [5, 5.41) is 3.29. The second-order valence-corrected chi connectivity index (χ2v) is 4.38. The molecule has 0 amide bonds. The fourth-order valence-corrected chi connectivity index (χ4v) is 2.57. The van der Waals surface area contributed by atoms with Crippen molar-refractivity contribution in [2.24, 2.45) is 0 Å². The molecule has 1 heterocycles. The maximum atomic E-state index is 3.29. The number of rotatable bonds is 3. The molecule has 1 N–H and O–H groups in total. The Bertz CT molecular complexity index is 295. The lowest BCUT2D eigenvalue weighted by Gasteiger charge is -2.30. The first-order valence-corrected chi connectivity index (χ1v) is 5.81. The van der Waals surface area contributed by atoms with Crippen LogP contribution in [0.4, 0.5) is 5.69 Å². The number of nitrogens with zero attached hydrogens (tertiary/aromatic N) is 1. The van der Waals surface area contributed by atoms with Crippen molar-refractivity contribution >= 4 is 5.69 Å². The van der Waals surface area contributed by atoms with Crippen molar-refractivity contribution in [2.45, 2.75) is 31.8 Å². The van der Waals surface area contributed by atoms with Crippen molar-refractivity contribution in [3.63, 3.8) is 0 Å². The van der Waals surface area contributed by atoms with Crippen molar-refractivity contribution in [3.05, 3.63) is 30.3 Å². The van der Waals surface area contributed by atoms with Gasteiger partial charge in [-0.15, -0.1) is 0 Å². The Hall–Kier alpha value is -1.02. The molecule has 1 aliphatic heterocycles. The van der Waals surface area contributed by atoms with Crippen LogP contribution in [0, 0.1) is 0 Å². The van der Waals surface area contributed by atoms with Gasteiger partial charge in [0.1, 0.15) is 0 Å². The Balaban J connectivity index is 2.17. The summed E-state index contributed by atoms with van der Waals surface area (Å²) in [6.45, 7) is 3.40. The zero-order chi connectivity index (χ0) is 10.7. The van der Waals surface area contributed by atoms with Crippen LogP contribution in [0.3, 0.4) is 0 Å². The molecule has 0 radical (unpaired) electrons. The molecule has 2 unspecified atom stereocenters. The monoisotopic (exact) mass is 204 g/mol. The molecule has 1 aliphatic rings. The standard InChI is InChI=1S/C13H20N2/c1-11-8-9-13(10-14-2)15(11)12-6-4-3-5-7-12/h3-7,11,13-14H,8-10H2,1-2H3. The molecule has 1 fully saturated rings. The third-order valence-electron chi connectivity index (χ3n) is 3.28. The van der Waals surface area contributed by atoms with Crippen molar-refractivity contribution in [1.82, 2.24) is 5.32 Å². The predicted octanol–water partition coefficient (Wildman–Crippen LogP) is 2.26. The van der Waals surface area contributed by atoms with E-state index in [1.54, 1.807) is 0 Å². The minimum Gasteiger partial charge on any atom is -0.365 e. The smallest absolute Gasteiger partial charge is 0.0418 e. The normalized spacial score (nSPS) is 25.9. The van der Waals surface area contributed by atoms with E-state index in [1.807, 2.05) is 7.05 Å². The lowest BCUT2D eigenvalue weighted by molar-refractivity contribution is 0.603. The molecule has 1 saturated heterocycles. The van der Waals surface area contributed by atoms with Gasteiger partial charge in [0.15, 0.2) is 0 Å². The summed E-state index contributed by atoms with van der Waals surface area (Å²) in [6, 6.07) is 12.1. The highest BCUT2D eigenvalue weighted by Crippen LogP contribution is 2.29. The van der Waals surface area contributed by atoms with E-state index in [2.05, 4.69) is 47.5 Å². The average molecular weight is 204 g/mol. The Morgan fingerprint density at radius 3 is 2.67 bits per heavy atom. The van der Waals surface area contributed by atoms with Crippen LogP contribution >= 0.6 is 0 Å². The second kappa shape index (κ2) is 4.67. The third kappa shape index (κ3) is 2.15. The highest BCUT2D eigenvalue weighted by Gasteiger charge is 2.29. The Morgan fingerprint density at radius 2 is 2.00 bits per heavy atom. The van der Waals surface area contributed by atoms with Crippen LogP contribution in [-0.4, -0.2) is 25.7 Å². The van der Waals surface area contributed by atoms with Crippen LogP contribution in [0.1, 0.15) is 19.8 Å². The zero-order valence-corrected chi connectivity index (χ0v) is 9.61. The molecule has 2 rings (SSSR count). The second-order valence-electron chi connectivity index (χ2n) is 4.38. The minimum absolute atomic E-state index is 0.660. The highest BCUT2D eigenvalue weighted by molar-refractivity contribution is 5.49. The third-order valence-corrected chi connectivity index (χ3v) is 3.28. The molecule has 1 aromatic rings. The van der Waals surface area contributed by atoms with Crippen LogP contribution in [0.5, 0.6) is 0 Å². The zero-order valence-electron chi connectivity index (χ0n) is 9.61. The van der Waals surface area contributed by atoms with Crippen molar-refractivity contribution < 1.29 is 0 Å². The van der Waals surface area contributed by atoms with Gasteiger partial charge in [0.2, 0.25) is 0 Å². The molecule has 2 heteroatoms. The maximum absolute atomic E-state index is 3.29. The van der Waals surface area contributed by atoms with Gasteiger partial charge in [0, 0.05) is 24.3 Å². The van der Waals surface area contributed by atoms with Crippen molar-refractivity contribution in [2.75, 3.05) is 18.5 Å². The van der Waals surface area contributed by atoms with E-state index in [-0.39, 0.29) is 0 Å².